The van der Waals surface area contributed by atoms with Gasteiger partial charge < -0.3 is 15.3 Å². The van der Waals surface area contributed by atoms with Gasteiger partial charge in [0, 0.05) is 18.8 Å². The summed E-state index contributed by atoms with van der Waals surface area (Å²) in [4.78, 5) is 2.48. The molecule has 0 spiro atoms. The number of aromatic hydroxyl groups is 1. The van der Waals surface area contributed by atoms with E-state index < -0.39 is 0 Å². The molecule has 1 aliphatic carbocycles. The van der Waals surface area contributed by atoms with E-state index in [1.807, 2.05) is 12.1 Å². The number of anilines is 1. The lowest BCUT2D eigenvalue weighted by atomic mass is 9.79. The zero-order valence-electron chi connectivity index (χ0n) is 20.9. The molecule has 0 saturated heterocycles. The topological polar surface area (TPSA) is 35.5 Å². The summed E-state index contributed by atoms with van der Waals surface area (Å²) in [5.74, 6) is 0.915. The van der Waals surface area contributed by atoms with Crippen LogP contribution < -0.4 is 5.32 Å². The molecule has 0 amide bonds. The van der Waals surface area contributed by atoms with Crippen LogP contribution in [0.15, 0.2) is 66.7 Å². The lowest BCUT2D eigenvalue weighted by Crippen LogP contribution is -2.25. The number of hydrogen-bond donors (Lipinski definition) is 2. The summed E-state index contributed by atoms with van der Waals surface area (Å²) >= 11 is 0. The van der Waals surface area contributed by atoms with Gasteiger partial charge >= 0.3 is 0 Å². The molecule has 3 heteroatoms. The van der Waals surface area contributed by atoms with Crippen LogP contribution in [0.1, 0.15) is 60.4 Å². The molecule has 0 aromatic heterocycles. The standard InChI is InChI=1S/C31H40N2O/c1-3-33(4-2)21-19-25-13-11-24(12-14-25)8-7-20-32-31-10-6-5-9-30(31)28-16-15-27-23-29(34)18-17-26(27)22-28/h5-6,9-14,17-18,23,28,32,34H,3-4,7-8,15-16,19-22H2,1-2H3/t28-/m1/s1. The smallest absolute Gasteiger partial charge is 0.115 e. The van der Waals surface area contributed by atoms with Crippen molar-refractivity contribution in [2.45, 2.75) is 58.3 Å². The van der Waals surface area contributed by atoms with E-state index in [0.29, 0.717) is 11.7 Å². The van der Waals surface area contributed by atoms with Gasteiger partial charge in [-0.25, -0.2) is 0 Å². The van der Waals surface area contributed by atoms with Crippen molar-refractivity contribution in [1.29, 1.82) is 0 Å². The number of nitrogens with one attached hydrogen (secondary N) is 1. The highest BCUT2D eigenvalue weighted by molar-refractivity contribution is 5.54. The molecule has 4 rings (SSSR count). The van der Waals surface area contributed by atoms with Crippen molar-refractivity contribution in [2.75, 3.05) is 31.5 Å². The first-order valence-electron chi connectivity index (χ1n) is 13.1. The molecule has 1 atom stereocenters. The molecule has 34 heavy (non-hydrogen) atoms. The predicted molar refractivity (Wildman–Crippen MR) is 144 cm³/mol. The first-order chi connectivity index (χ1) is 16.7. The summed E-state index contributed by atoms with van der Waals surface area (Å²) in [6.07, 6.45) is 6.58. The third-order valence-electron chi connectivity index (χ3n) is 7.41. The van der Waals surface area contributed by atoms with Gasteiger partial charge in [-0.05, 0) is 104 Å². The molecule has 1 aliphatic rings. The average Bonchev–Trinajstić information content (AvgIpc) is 2.88. The van der Waals surface area contributed by atoms with E-state index in [4.69, 9.17) is 0 Å². The van der Waals surface area contributed by atoms with Gasteiger partial charge in [0.1, 0.15) is 5.75 Å². The number of aryl methyl sites for hydroxylation is 2. The van der Waals surface area contributed by atoms with E-state index in [1.54, 1.807) is 0 Å². The Kier molecular flexibility index (Phi) is 8.65. The van der Waals surface area contributed by atoms with Crippen LogP contribution in [0, 0.1) is 0 Å². The first-order valence-corrected chi connectivity index (χ1v) is 13.1. The van der Waals surface area contributed by atoms with E-state index in [-0.39, 0.29) is 0 Å². The maximum Gasteiger partial charge on any atom is 0.115 e. The van der Waals surface area contributed by atoms with Crippen LogP contribution >= 0.6 is 0 Å². The highest BCUT2D eigenvalue weighted by Crippen LogP contribution is 2.37. The number of para-hydroxylation sites is 1. The average molecular weight is 457 g/mol. The fourth-order valence-electron chi connectivity index (χ4n) is 5.24. The zero-order chi connectivity index (χ0) is 23.8. The third kappa shape index (κ3) is 6.42. The first kappa shape index (κ1) is 24.3. The Hall–Kier alpha value is -2.78. The predicted octanol–water partition coefficient (Wildman–Crippen LogP) is 6.59. The van der Waals surface area contributed by atoms with Crippen molar-refractivity contribution in [3.63, 3.8) is 0 Å². The van der Waals surface area contributed by atoms with Crippen LogP contribution in [0.25, 0.3) is 0 Å². The molecule has 0 aliphatic heterocycles. The second-order valence-electron chi connectivity index (χ2n) is 9.60. The van der Waals surface area contributed by atoms with Crippen molar-refractivity contribution in [3.05, 3.63) is 94.5 Å². The largest absolute Gasteiger partial charge is 0.508 e. The minimum atomic E-state index is 0.383. The summed E-state index contributed by atoms with van der Waals surface area (Å²) in [5, 5.41) is 13.5. The fourth-order valence-corrected chi connectivity index (χ4v) is 5.24. The monoisotopic (exact) mass is 456 g/mol. The summed E-state index contributed by atoms with van der Waals surface area (Å²) in [6.45, 7) is 8.86. The summed E-state index contributed by atoms with van der Waals surface area (Å²) in [5.41, 5.74) is 8.26. The lowest BCUT2D eigenvalue weighted by Gasteiger charge is -2.27. The van der Waals surface area contributed by atoms with E-state index >= 15 is 0 Å². The molecule has 0 heterocycles. The Balaban J connectivity index is 1.27. The quantitative estimate of drug-likeness (QED) is 0.319. The number of rotatable bonds is 11. The van der Waals surface area contributed by atoms with Crippen LogP contribution in [-0.4, -0.2) is 36.2 Å². The van der Waals surface area contributed by atoms with Gasteiger partial charge in [-0.3, -0.25) is 0 Å². The van der Waals surface area contributed by atoms with Gasteiger partial charge in [0.25, 0.3) is 0 Å². The maximum atomic E-state index is 9.78. The lowest BCUT2D eigenvalue weighted by molar-refractivity contribution is 0.308. The Bertz CT molecular complexity index is 1040. The third-order valence-corrected chi connectivity index (χ3v) is 7.41. The summed E-state index contributed by atoms with van der Waals surface area (Å²) < 4.78 is 0. The Morgan fingerprint density at radius 3 is 2.38 bits per heavy atom. The number of likely N-dealkylation sites (N-methyl/N-ethyl adjacent to an activating group) is 1. The van der Waals surface area contributed by atoms with Crippen molar-refractivity contribution < 1.29 is 5.11 Å². The minimum Gasteiger partial charge on any atom is -0.508 e. The number of phenolic OH excluding ortho intramolecular Hbond substituents is 1. The Labute approximate surface area is 205 Å². The number of nitrogens with zero attached hydrogens (tertiary/aromatic N) is 1. The molecule has 180 valence electrons. The molecule has 2 N–H and O–H groups in total. The molecular weight excluding hydrogens is 416 g/mol. The molecule has 0 fully saturated rings. The Morgan fingerprint density at radius 2 is 1.62 bits per heavy atom. The van der Waals surface area contributed by atoms with Gasteiger partial charge in [-0.1, -0.05) is 62.4 Å². The van der Waals surface area contributed by atoms with Gasteiger partial charge in [0.05, 0.1) is 0 Å². The summed E-state index contributed by atoms with van der Waals surface area (Å²) in [6, 6.07) is 23.9. The van der Waals surface area contributed by atoms with Crippen molar-refractivity contribution >= 4 is 5.69 Å². The normalized spacial score (nSPS) is 15.3. The van der Waals surface area contributed by atoms with E-state index in [1.165, 1.54) is 33.5 Å². The van der Waals surface area contributed by atoms with Crippen LogP contribution in [0.5, 0.6) is 5.75 Å². The maximum absolute atomic E-state index is 9.78. The molecule has 3 aromatic rings. The summed E-state index contributed by atoms with van der Waals surface area (Å²) in [7, 11) is 0. The van der Waals surface area contributed by atoms with Crippen LogP contribution in [0.2, 0.25) is 0 Å². The molecule has 0 bridgehead atoms. The van der Waals surface area contributed by atoms with Crippen molar-refractivity contribution in [1.82, 2.24) is 4.90 Å². The highest BCUT2D eigenvalue weighted by atomic mass is 16.3. The fraction of sp³-hybridized carbons (Fsp3) is 0.419. The van der Waals surface area contributed by atoms with Crippen LogP contribution in [0.4, 0.5) is 5.69 Å². The number of fused-ring (bicyclic) bond motifs is 1. The second kappa shape index (κ2) is 12.1. The zero-order valence-corrected chi connectivity index (χ0v) is 20.9. The van der Waals surface area contributed by atoms with Crippen molar-refractivity contribution in [3.8, 4) is 5.75 Å². The van der Waals surface area contributed by atoms with Gasteiger partial charge in [-0.15, -0.1) is 0 Å². The van der Waals surface area contributed by atoms with Crippen LogP contribution in [-0.2, 0) is 25.7 Å². The number of phenols is 1. The molecule has 0 unspecified atom stereocenters. The molecule has 0 saturated carbocycles. The van der Waals surface area contributed by atoms with E-state index in [9.17, 15) is 5.11 Å². The van der Waals surface area contributed by atoms with Gasteiger partial charge in [0.2, 0.25) is 0 Å². The molecule has 3 nitrogen and oxygen atoms in total. The number of benzene rings is 3. The molecule has 0 radical (unpaired) electrons. The molecular formula is C31H40N2O. The van der Waals surface area contributed by atoms with Gasteiger partial charge in [-0.2, -0.15) is 0 Å². The van der Waals surface area contributed by atoms with E-state index in [2.05, 4.69) is 78.7 Å². The van der Waals surface area contributed by atoms with E-state index in [0.717, 1.165) is 64.7 Å². The highest BCUT2D eigenvalue weighted by Gasteiger charge is 2.22. The SMILES string of the molecule is CCN(CC)CCc1ccc(CCCNc2ccccc2[C@@H]2CCc3cc(O)ccc3C2)cc1. The molecule has 3 aromatic carbocycles. The van der Waals surface area contributed by atoms with Crippen LogP contribution in [0.3, 0.4) is 0 Å². The minimum absolute atomic E-state index is 0.383. The number of hydrogen-bond acceptors (Lipinski definition) is 3. The van der Waals surface area contributed by atoms with Gasteiger partial charge in [0.15, 0.2) is 0 Å². The Morgan fingerprint density at radius 1 is 0.882 bits per heavy atom. The van der Waals surface area contributed by atoms with Crippen molar-refractivity contribution in [2.24, 2.45) is 0 Å². The second-order valence-corrected chi connectivity index (χ2v) is 9.60.